The summed E-state index contributed by atoms with van der Waals surface area (Å²) < 4.78 is 0. The topological polar surface area (TPSA) is 53.9 Å². The number of quaternary nitrogens is 1. The number of carbonyl (C=O) groups excluding carboxylic acids is 2. The first-order valence-corrected chi connectivity index (χ1v) is 10.2. The summed E-state index contributed by atoms with van der Waals surface area (Å²) in [6.07, 6.45) is 0. The third-order valence-corrected chi connectivity index (χ3v) is 6.06. The van der Waals surface area contributed by atoms with Crippen molar-refractivity contribution in [3.63, 3.8) is 0 Å². The molecule has 2 rings (SSSR count). The molecule has 1 aliphatic rings. The van der Waals surface area contributed by atoms with Crippen LogP contribution in [0.1, 0.15) is 31.9 Å². The molecular weight excluding hydrogens is 346 g/mol. The van der Waals surface area contributed by atoms with E-state index < -0.39 is 0 Å². The summed E-state index contributed by atoms with van der Waals surface area (Å²) in [5.74, 6) is 0.721. The van der Waals surface area contributed by atoms with Crippen LogP contribution in [0.25, 0.3) is 0 Å². The zero-order chi connectivity index (χ0) is 19.3. The fourth-order valence-corrected chi connectivity index (χ4v) is 3.99. The van der Waals surface area contributed by atoms with Gasteiger partial charge in [0.1, 0.15) is 0 Å². The highest BCUT2D eigenvalue weighted by Gasteiger charge is 2.25. The lowest BCUT2D eigenvalue weighted by atomic mass is 9.87. The Morgan fingerprint density at radius 3 is 2.46 bits per heavy atom. The maximum absolute atomic E-state index is 12.6. The second kappa shape index (κ2) is 8.91. The Hall–Kier alpha value is -1.53. The van der Waals surface area contributed by atoms with Gasteiger partial charge in [-0.25, -0.2) is 0 Å². The third kappa shape index (κ3) is 5.74. The standard InChI is InChI=1S/C20H31N3O2S/c1-15-6-7-16(20(2,3)4)12-17(15)26-14-19(25)23-10-8-22(9-11-23)13-18(24)21-5/h6-7,12H,8-11,13-14H2,1-5H3,(H,21,24)/p+1. The summed E-state index contributed by atoms with van der Waals surface area (Å²) in [7, 11) is 1.66. The number of carbonyl (C=O) groups is 2. The van der Waals surface area contributed by atoms with Crippen molar-refractivity contribution in [1.82, 2.24) is 10.2 Å². The maximum Gasteiger partial charge on any atom is 0.274 e. The molecule has 0 atom stereocenters. The summed E-state index contributed by atoms with van der Waals surface area (Å²) in [6, 6.07) is 6.54. The number of nitrogens with zero attached hydrogens (tertiary/aromatic N) is 1. The normalized spacial score (nSPS) is 15.8. The van der Waals surface area contributed by atoms with Crippen molar-refractivity contribution in [3.8, 4) is 0 Å². The van der Waals surface area contributed by atoms with Crippen molar-refractivity contribution in [2.75, 3.05) is 45.5 Å². The number of aryl methyl sites for hydroxylation is 1. The minimum absolute atomic E-state index is 0.0598. The van der Waals surface area contributed by atoms with Gasteiger partial charge in [-0.3, -0.25) is 9.59 Å². The van der Waals surface area contributed by atoms with Gasteiger partial charge >= 0.3 is 0 Å². The molecule has 5 nitrogen and oxygen atoms in total. The summed E-state index contributed by atoms with van der Waals surface area (Å²) in [5.41, 5.74) is 2.62. The fraction of sp³-hybridized carbons (Fsp3) is 0.600. The van der Waals surface area contributed by atoms with Crippen molar-refractivity contribution in [1.29, 1.82) is 0 Å². The molecule has 2 N–H and O–H groups in total. The maximum atomic E-state index is 12.6. The number of rotatable bonds is 5. The summed E-state index contributed by atoms with van der Waals surface area (Å²) >= 11 is 1.63. The monoisotopic (exact) mass is 378 g/mol. The lowest BCUT2D eigenvalue weighted by molar-refractivity contribution is -0.896. The minimum Gasteiger partial charge on any atom is -0.354 e. The van der Waals surface area contributed by atoms with Crippen molar-refractivity contribution in [2.24, 2.45) is 0 Å². The van der Waals surface area contributed by atoms with E-state index in [-0.39, 0.29) is 17.2 Å². The molecule has 1 aromatic rings. The van der Waals surface area contributed by atoms with Gasteiger partial charge < -0.3 is 15.1 Å². The number of thioether (sulfide) groups is 1. The van der Waals surface area contributed by atoms with Crippen LogP contribution in [0.4, 0.5) is 0 Å². The molecule has 0 bridgehead atoms. The Balaban J connectivity index is 1.87. The van der Waals surface area contributed by atoms with Crippen LogP contribution < -0.4 is 10.2 Å². The number of benzene rings is 1. The summed E-state index contributed by atoms with van der Waals surface area (Å²) in [6.45, 7) is 12.3. The molecule has 0 radical (unpaired) electrons. The van der Waals surface area contributed by atoms with Gasteiger partial charge in [0.2, 0.25) is 5.91 Å². The van der Waals surface area contributed by atoms with E-state index in [4.69, 9.17) is 0 Å². The Bertz CT molecular complexity index is 647. The molecule has 0 saturated carbocycles. The Morgan fingerprint density at radius 1 is 1.23 bits per heavy atom. The van der Waals surface area contributed by atoms with Crippen molar-refractivity contribution < 1.29 is 14.5 Å². The second-order valence-electron chi connectivity index (χ2n) is 8.00. The van der Waals surface area contributed by atoms with Crippen LogP contribution in [-0.2, 0) is 15.0 Å². The van der Waals surface area contributed by atoms with Crippen LogP contribution in [0, 0.1) is 6.92 Å². The largest absolute Gasteiger partial charge is 0.354 e. The van der Waals surface area contributed by atoms with E-state index in [0.717, 1.165) is 26.2 Å². The van der Waals surface area contributed by atoms with Gasteiger partial charge in [-0.15, -0.1) is 11.8 Å². The van der Waals surface area contributed by atoms with E-state index in [9.17, 15) is 9.59 Å². The number of nitrogens with one attached hydrogen (secondary N) is 2. The molecule has 1 aliphatic heterocycles. The zero-order valence-electron chi connectivity index (χ0n) is 16.6. The molecule has 0 spiro atoms. The average Bonchev–Trinajstić information content (AvgIpc) is 2.60. The first-order valence-electron chi connectivity index (χ1n) is 9.26. The van der Waals surface area contributed by atoms with E-state index in [2.05, 4.69) is 51.2 Å². The van der Waals surface area contributed by atoms with Crippen molar-refractivity contribution in [3.05, 3.63) is 29.3 Å². The smallest absolute Gasteiger partial charge is 0.274 e. The highest BCUT2D eigenvalue weighted by Crippen LogP contribution is 2.29. The number of piperazine rings is 1. The van der Waals surface area contributed by atoms with Gasteiger partial charge in [-0.1, -0.05) is 32.9 Å². The van der Waals surface area contributed by atoms with Crippen molar-refractivity contribution >= 4 is 23.6 Å². The van der Waals surface area contributed by atoms with Gasteiger partial charge in [-0.2, -0.15) is 0 Å². The number of hydrogen-bond donors (Lipinski definition) is 2. The molecule has 0 aromatic heterocycles. The van der Waals surface area contributed by atoms with Crippen LogP contribution in [0.15, 0.2) is 23.1 Å². The Morgan fingerprint density at radius 2 is 1.88 bits per heavy atom. The summed E-state index contributed by atoms with van der Waals surface area (Å²) in [5, 5.41) is 2.66. The molecule has 6 heteroatoms. The van der Waals surface area contributed by atoms with Gasteiger partial charge in [-0.05, 0) is 29.5 Å². The number of likely N-dealkylation sites (N-methyl/N-ethyl adjacent to an activating group) is 1. The Labute approximate surface area is 161 Å². The van der Waals surface area contributed by atoms with Crippen LogP contribution in [0.3, 0.4) is 0 Å². The number of amides is 2. The third-order valence-electron chi connectivity index (χ3n) is 4.92. The lowest BCUT2D eigenvalue weighted by Gasteiger charge is -2.31. The van der Waals surface area contributed by atoms with Gasteiger partial charge in [0.05, 0.1) is 31.9 Å². The molecular formula is C20H32N3O2S+. The van der Waals surface area contributed by atoms with E-state index in [0.29, 0.717) is 12.3 Å². The van der Waals surface area contributed by atoms with Gasteiger partial charge in [0, 0.05) is 11.9 Å². The molecule has 1 fully saturated rings. The van der Waals surface area contributed by atoms with Gasteiger partial charge in [0.25, 0.3) is 5.91 Å². The van der Waals surface area contributed by atoms with Crippen LogP contribution in [0.2, 0.25) is 0 Å². The Kier molecular flexibility index (Phi) is 7.12. The SMILES string of the molecule is CNC(=O)C[NH+]1CCN(C(=O)CSc2cc(C(C)(C)C)ccc2C)CC1. The fourth-order valence-electron chi connectivity index (χ4n) is 3.02. The van der Waals surface area contributed by atoms with Crippen molar-refractivity contribution in [2.45, 2.75) is 38.0 Å². The molecule has 1 saturated heterocycles. The predicted molar refractivity (Wildman–Crippen MR) is 107 cm³/mol. The second-order valence-corrected chi connectivity index (χ2v) is 9.02. The highest BCUT2D eigenvalue weighted by atomic mass is 32.2. The lowest BCUT2D eigenvalue weighted by Crippen LogP contribution is -3.15. The first kappa shape index (κ1) is 20.8. The molecule has 26 heavy (non-hydrogen) atoms. The first-order chi connectivity index (χ1) is 12.2. The molecule has 1 heterocycles. The minimum atomic E-state index is 0.0598. The quantitative estimate of drug-likeness (QED) is 0.747. The molecule has 2 amide bonds. The van der Waals surface area contributed by atoms with Crippen LogP contribution >= 0.6 is 11.8 Å². The number of hydrogen-bond acceptors (Lipinski definition) is 3. The van der Waals surface area contributed by atoms with Gasteiger partial charge in [0.15, 0.2) is 6.54 Å². The molecule has 0 unspecified atom stereocenters. The van der Waals surface area contributed by atoms with E-state index in [1.807, 2.05) is 4.90 Å². The van der Waals surface area contributed by atoms with E-state index in [1.165, 1.54) is 20.9 Å². The zero-order valence-corrected chi connectivity index (χ0v) is 17.5. The molecule has 1 aromatic carbocycles. The van der Waals surface area contributed by atoms with Crippen LogP contribution in [0.5, 0.6) is 0 Å². The molecule has 0 aliphatic carbocycles. The predicted octanol–water partition coefficient (Wildman–Crippen LogP) is 0.858. The molecule has 144 valence electrons. The summed E-state index contributed by atoms with van der Waals surface area (Å²) in [4.78, 5) is 28.4. The average molecular weight is 379 g/mol. The van der Waals surface area contributed by atoms with E-state index in [1.54, 1.807) is 18.8 Å². The van der Waals surface area contributed by atoms with Crippen LogP contribution in [-0.4, -0.2) is 62.2 Å². The highest BCUT2D eigenvalue weighted by molar-refractivity contribution is 8.00. The van der Waals surface area contributed by atoms with E-state index >= 15 is 0 Å².